The van der Waals surface area contributed by atoms with Crippen LogP contribution in [0.2, 0.25) is 0 Å². The highest BCUT2D eigenvalue weighted by atomic mass is 16.2. The zero-order valence-electron chi connectivity index (χ0n) is 11.1. The summed E-state index contributed by atoms with van der Waals surface area (Å²) in [6, 6.07) is 1.94. The van der Waals surface area contributed by atoms with Crippen molar-refractivity contribution >= 4 is 11.7 Å². The lowest BCUT2D eigenvalue weighted by Gasteiger charge is -2.11. The molecule has 0 saturated carbocycles. The monoisotopic (exact) mass is 247 g/mol. The quantitative estimate of drug-likeness (QED) is 0.813. The Balaban J connectivity index is 2.01. The summed E-state index contributed by atoms with van der Waals surface area (Å²) in [6.45, 7) is 4.97. The van der Waals surface area contributed by atoms with Crippen LogP contribution < -0.4 is 5.32 Å². The van der Waals surface area contributed by atoms with E-state index in [9.17, 15) is 4.79 Å². The maximum absolute atomic E-state index is 12.1. The molecule has 1 aromatic rings. The Morgan fingerprint density at radius 2 is 2.22 bits per heavy atom. The Hall–Kier alpha value is -1.58. The Bertz CT molecular complexity index is 440. The average molecular weight is 247 g/mol. The molecule has 0 fully saturated rings. The van der Waals surface area contributed by atoms with Crippen LogP contribution in [0.1, 0.15) is 38.3 Å². The molecule has 1 N–H and O–H groups in total. The summed E-state index contributed by atoms with van der Waals surface area (Å²) in [4.78, 5) is 12.1. The maximum atomic E-state index is 12.1. The average Bonchev–Trinajstić information content (AvgIpc) is 2.96. The molecule has 1 aliphatic rings. The topological polar surface area (TPSA) is 46.9 Å². The van der Waals surface area contributed by atoms with Gasteiger partial charge in [0, 0.05) is 18.5 Å². The van der Waals surface area contributed by atoms with Crippen LogP contribution in [-0.4, -0.2) is 15.7 Å². The van der Waals surface area contributed by atoms with Crippen LogP contribution in [-0.2, 0) is 11.3 Å². The van der Waals surface area contributed by atoms with Gasteiger partial charge in [0.25, 0.3) is 0 Å². The molecular weight excluding hydrogens is 226 g/mol. The van der Waals surface area contributed by atoms with Gasteiger partial charge in [-0.3, -0.25) is 4.79 Å². The molecule has 0 radical (unpaired) electrons. The first-order valence-electron chi connectivity index (χ1n) is 6.71. The van der Waals surface area contributed by atoms with Crippen molar-refractivity contribution in [2.24, 2.45) is 5.92 Å². The smallest absolute Gasteiger partial charge is 0.229 e. The van der Waals surface area contributed by atoms with E-state index < -0.39 is 0 Å². The summed E-state index contributed by atoms with van der Waals surface area (Å²) in [7, 11) is 0. The van der Waals surface area contributed by atoms with Gasteiger partial charge in [0.2, 0.25) is 5.91 Å². The number of allylic oxidation sites excluding steroid dienone is 2. The summed E-state index contributed by atoms with van der Waals surface area (Å²) in [5, 5.41) is 7.42. The number of anilines is 1. The predicted molar refractivity (Wildman–Crippen MR) is 72.4 cm³/mol. The number of aromatic nitrogens is 2. The van der Waals surface area contributed by atoms with Crippen LogP contribution in [0.3, 0.4) is 0 Å². The minimum Gasteiger partial charge on any atom is -0.311 e. The third-order valence-corrected chi connectivity index (χ3v) is 3.26. The van der Waals surface area contributed by atoms with Crippen LogP contribution in [0, 0.1) is 12.8 Å². The van der Waals surface area contributed by atoms with Crippen LogP contribution in [0.25, 0.3) is 0 Å². The number of aryl methyl sites for hydroxylation is 2. The molecule has 0 bridgehead atoms. The Morgan fingerprint density at radius 1 is 1.50 bits per heavy atom. The molecule has 0 atom stereocenters. The van der Waals surface area contributed by atoms with Crippen LogP contribution in [0.4, 0.5) is 5.82 Å². The molecule has 0 saturated heterocycles. The van der Waals surface area contributed by atoms with Crippen molar-refractivity contribution < 1.29 is 4.79 Å². The number of hydrogen-bond acceptors (Lipinski definition) is 2. The van der Waals surface area contributed by atoms with E-state index in [0.29, 0.717) is 0 Å². The first-order valence-corrected chi connectivity index (χ1v) is 6.71. The highest BCUT2D eigenvalue weighted by Gasteiger charge is 2.20. The van der Waals surface area contributed by atoms with E-state index in [1.54, 1.807) is 0 Å². The molecule has 0 spiro atoms. The van der Waals surface area contributed by atoms with Crippen LogP contribution >= 0.6 is 0 Å². The van der Waals surface area contributed by atoms with Crippen molar-refractivity contribution in [2.75, 3.05) is 5.32 Å². The Labute approximate surface area is 108 Å². The summed E-state index contributed by atoms with van der Waals surface area (Å²) in [5.41, 5.74) is 0.950. The summed E-state index contributed by atoms with van der Waals surface area (Å²) in [5.74, 6) is 1.04. The van der Waals surface area contributed by atoms with Crippen molar-refractivity contribution in [2.45, 2.75) is 46.1 Å². The maximum Gasteiger partial charge on any atom is 0.229 e. The second kappa shape index (κ2) is 5.85. The summed E-state index contributed by atoms with van der Waals surface area (Å²) < 4.78 is 1.90. The fourth-order valence-electron chi connectivity index (χ4n) is 2.18. The first-order chi connectivity index (χ1) is 8.70. The lowest BCUT2D eigenvalue weighted by atomic mass is 10.1. The van der Waals surface area contributed by atoms with Gasteiger partial charge in [0.1, 0.15) is 5.82 Å². The predicted octanol–water partition coefficient (Wildman–Crippen LogP) is 2.90. The van der Waals surface area contributed by atoms with Gasteiger partial charge < -0.3 is 5.32 Å². The van der Waals surface area contributed by atoms with Crippen molar-refractivity contribution in [3.63, 3.8) is 0 Å². The van der Waals surface area contributed by atoms with Crippen molar-refractivity contribution in [3.05, 3.63) is 23.9 Å². The summed E-state index contributed by atoms with van der Waals surface area (Å²) >= 11 is 0. The van der Waals surface area contributed by atoms with Crippen molar-refractivity contribution in [3.8, 4) is 0 Å². The number of rotatable bonds is 5. The minimum absolute atomic E-state index is 0.0971. The molecule has 1 amide bonds. The summed E-state index contributed by atoms with van der Waals surface area (Å²) in [6.07, 6.45) is 8.06. The van der Waals surface area contributed by atoms with Gasteiger partial charge in [0.15, 0.2) is 0 Å². The van der Waals surface area contributed by atoms with Crippen molar-refractivity contribution in [1.29, 1.82) is 0 Å². The highest BCUT2D eigenvalue weighted by Crippen LogP contribution is 2.20. The lowest BCUT2D eigenvalue weighted by Crippen LogP contribution is -2.22. The standard InChI is InChI=1S/C14H21N3O/c1-3-4-9-17-13(10-11(2)16-17)15-14(18)12-7-5-6-8-12/h5-6,10,12H,3-4,7-9H2,1-2H3,(H,15,18). The second-order valence-corrected chi connectivity index (χ2v) is 4.88. The molecule has 1 heterocycles. The molecule has 98 valence electrons. The number of amides is 1. The first kappa shape index (κ1) is 12.9. The van der Waals surface area contributed by atoms with E-state index >= 15 is 0 Å². The van der Waals surface area contributed by atoms with Crippen LogP contribution in [0.15, 0.2) is 18.2 Å². The number of nitrogens with zero attached hydrogens (tertiary/aromatic N) is 2. The number of nitrogens with one attached hydrogen (secondary N) is 1. The molecule has 0 aliphatic heterocycles. The zero-order valence-corrected chi connectivity index (χ0v) is 11.1. The van der Waals surface area contributed by atoms with Gasteiger partial charge in [-0.25, -0.2) is 4.68 Å². The molecule has 4 heteroatoms. The SMILES string of the molecule is CCCCn1nc(C)cc1NC(=O)C1CC=CC1. The number of carbonyl (C=O) groups excluding carboxylic acids is 1. The van der Waals surface area contributed by atoms with Gasteiger partial charge in [-0.15, -0.1) is 0 Å². The van der Waals surface area contributed by atoms with E-state index in [4.69, 9.17) is 0 Å². The second-order valence-electron chi connectivity index (χ2n) is 4.88. The third-order valence-electron chi connectivity index (χ3n) is 3.26. The van der Waals surface area contributed by atoms with Gasteiger partial charge in [-0.2, -0.15) is 5.10 Å². The van der Waals surface area contributed by atoms with Gasteiger partial charge in [-0.05, 0) is 26.2 Å². The lowest BCUT2D eigenvalue weighted by molar-refractivity contribution is -0.119. The number of carbonyl (C=O) groups is 1. The molecule has 2 rings (SSSR count). The normalized spacial score (nSPS) is 15.2. The Morgan fingerprint density at radius 3 is 2.89 bits per heavy atom. The Kier molecular flexibility index (Phi) is 4.18. The number of hydrogen-bond donors (Lipinski definition) is 1. The molecule has 1 aromatic heterocycles. The van der Waals surface area contributed by atoms with Gasteiger partial charge >= 0.3 is 0 Å². The molecule has 1 aliphatic carbocycles. The van der Waals surface area contributed by atoms with Crippen LogP contribution in [0.5, 0.6) is 0 Å². The van der Waals surface area contributed by atoms with E-state index in [2.05, 4.69) is 29.5 Å². The molecular formula is C14H21N3O. The fraction of sp³-hybridized carbons (Fsp3) is 0.571. The fourth-order valence-corrected chi connectivity index (χ4v) is 2.18. The van der Waals surface area contributed by atoms with Gasteiger partial charge in [-0.1, -0.05) is 25.5 Å². The highest BCUT2D eigenvalue weighted by molar-refractivity contribution is 5.92. The minimum atomic E-state index is 0.0971. The molecule has 0 aromatic carbocycles. The molecule has 4 nitrogen and oxygen atoms in total. The molecule has 0 unspecified atom stereocenters. The molecule has 18 heavy (non-hydrogen) atoms. The van der Waals surface area contributed by atoms with Gasteiger partial charge in [0.05, 0.1) is 5.69 Å². The van der Waals surface area contributed by atoms with E-state index in [-0.39, 0.29) is 11.8 Å². The van der Waals surface area contributed by atoms with E-state index in [0.717, 1.165) is 43.7 Å². The zero-order chi connectivity index (χ0) is 13.0. The largest absolute Gasteiger partial charge is 0.311 e. The van der Waals surface area contributed by atoms with Crippen molar-refractivity contribution in [1.82, 2.24) is 9.78 Å². The third kappa shape index (κ3) is 3.00. The van der Waals surface area contributed by atoms with E-state index in [1.165, 1.54) is 0 Å². The number of unbranched alkanes of at least 4 members (excludes halogenated alkanes) is 1. The van der Waals surface area contributed by atoms with E-state index in [1.807, 2.05) is 17.7 Å².